The van der Waals surface area contributed by atoms with Gasteiger partial charge in [0.25, 0.3) is 0 Å². The van der Waals surface area contributed by atoms with Crippen LogP contribution in [-0.4, -0.2) is 26.3 Å². The van der Waals surface area contributed by atoms with Gasteiger partial charge in [0.15, 0.2) is 5.54 Å². The Balaban J connectivity index is 3.01. The molecule has 0 saturated carbocycles. The largest absolute Gasteiger partial charge is 0.464 e. The van der Waals surface area contributed by atoms with Crippen molar-refractivity contribution in [3.05, 3.63) is 35.9 Å². The van der Waals surface area contributed by atoms with E-state index in [0.29, 0.717) is 12.2 Å². The van der Waals surface area contributed by atoms with Crippen molar-refractivity contribution in [2.75, 3.05) is 20.3 Å². The maximum absolute atomic E-state index is 11.8. The lowest BCUT2D eigenvalue weighted by atomic mass is 9.92. The van der Waals surface area contributed by atoms with Gasteiger partial charge in [-0.25, -0.2) is 4.79 Å². The van der Waals surface area contributed by atoms with Crippen molar-refractivity contribution in [2.24, 2.45) is 5.73 Å². The number of hydrogen-bond acceptors (Lipinski definition) is 4. The fraction of sp³-hybridized carbons (Fsp3) is 0.417. The first-order valence-electron chi connectivity index (χ1n) is 5.15. The molecule has 1 atom stereocenters. The molecule has 1 aromatic carbocycles. The van der Waals surface area contributed by atoms with Crippen LogP contribution >= 0.6 is 0 Å². The number of ether oxygens (including phenoxy) is 2. The highest BCUT2D eigenvalue weighted by Gasteiger charge is 2.37. The molecule has 0 amide bonds. The molecule has 4 heteroatoms. The second-order valence-electron chi connectivity index (χ2n) is 3.49. The van der Waals surface area contributed by atoms with Crippen molar-refractivity contribution in [2.45, 2.75) is 12.5 Å². The summed E-state index contributed by atoms with van der Waals surface area (Å²) in [6, 6.07) is 9.09. The zero-order valence-electron chi connectivity index (χ0n) is 9.60. The second kappa shape index (κ2) is 5.63. The Labute approximate surface area is 95.3 Å². The van der Waals surface area contributed by atoms with E-state index in [4.69, 9.17) is 15.2 Å². The number of rotatable bonds is 5. The Hall–Kier alpha value is -1.39. The van der Waals surface area contributed by atoms with Gasteiger partial charge in [-0.3, -0.25) is 0 Å². The van der Waals surface area contributed by atoms with Crippen LogP contribution in [-0.2, 0) is 19.8 Å². The van der Waals surface area contributed by atoms with Gasteiger partial charge >= 0.3 is 5.97 Å². The van der Waals surface area contributed by atoms with Gasteiger partial charge in [-0.05, 0) is 12.5 Å². The third-order valence-corrected chi connectivity index (χ3v) is 2.30. The third-order valence-electron chi connectivity index (χ3n) is 2.30. The summed E-state index contributed by atoms with van der Waals surface area (Å²) in [6.45, 7) is 2.14. The van der Waals surface area contributed by atoms with Crippen molar-refractivity contribution in [3.8, 4) is 0 Å². The first kappa shape index (κ1) is 12.7. The third kappa shape index (κ3) is 2.59. The summed E-state index contributed by atoms with van der Waals surface area (Å²) < 4.78 is 9.97. The van der Waals surface area contributed by atoms with E-state index in [1.54, 1.807) is 19.1 Å². The molecule has 1 unspecified atom stereocenters. The molecule has 88 valence electrons. The molecule has 0 fully saturated rings. The summed E-state index contributed by atoms with van der Waals surface area (Å²) in [5, 5.41) is 0. The van der Waals surface area contributed by atoms with Crippen molar-refractivity contribution in [3.63, 3.8) is 0 Å². The van der Waals surface area contributed by atoms with Gasteiger partial charge < -0.3 is 15.2 Å². The van der Waals surface area contributed by atoms with E-state index in [9.17, 15) is 4.79 Å². The fourth-order valence-electron chi connectivity index (χ4n) is 1.48. The zero-order chi connectivity index (χ0) is 12.0. The van der Waals surface area contributed by atoms with E-state index >= 15 is 0 Å². The summed E-state index contributed by atoms with van der Waals surface area (Å²) in [5.74, 6) is -0.469. The van der Waals surface area contributed by atoms with E-state index < -0.39 is 11.5 Å². The van der Waals surface area contributed by atoms with Crippen molar-refractivity contribution < 1.29 is 14.3 Å². The first-order valence-corrected chi connectivity index (χ1v) is 5.15. The monoisotopic (exact) mass is 223 g/mol. The van der Waals surface area contributed by atoms with Gasteiger partial charge in [0, 0.05) is 7.11 Å². The molecule has 0 radical (unpaired) electrons. The number of esters is 1. The van der Waals surface area contributed by atoms with Crippen LogP contribution in [0.15, 0.2) is 30.3 Å². The summed E-state index contributed by atoms with van der Waals surface area (Å²) in [4.78, 5) is 11.8. The lowest BCUT2D eigenvalue weighted by molar-refractivity contribution is -0.152. The highest BCUT2D eigenvalue weighted by atomic mass is 16.5. The number of methoxy groups -OCH3 is 1. The molecule has 4 nitrogen and oxygen atoms in total. The average molecular weight is 223 g/mol. The van der Waals surface area contributed by atoms with Crippen LogP contribution in [0.2, 0.25) is 0 Å². The Morgan fingerprint density at radius 2 is 2.00 bits per heavy atom. The molecular formula is C12H17NO3. The lowest BCUT2D eigenvalue weighted by Crippen LogP contribution is -2.49. The maximum Gasteiger partial charge on any atom is 0.333 e. The first-order chi connectivity index (χ1) is 7.65. The fourth-order valence-corrected chi connectivity index (χ4v) is 1.48. The van der Waals surface area contributed by atoms with Crippen molar-refractivity contribution in [1.82, 2.24) is 0 Å². The topological polar surface area (TPSA) is 61.5 Å². The number of hydrogen-bond donors (Lipinski definition) is 1. The van der Waals surface area contributed by atoms with Crippen LogP contribution < -0.4 is 5.73 Å². The molecule has 0 aliphatic carbocycles. The summed E-state index contributed by atoms with van der Waals surface area (Å²) in [6.07, 6.45) is 0. The highest BCUT2D eigenvalue weighted by Crippen LogP contribution is 2.20. The minimum Gasteiger partial charge on any atom is -0.464 e. The normalized spacial score (nSPS) is 14.2. The predicted octanol–water partition coefficient (Wildman–Crippen LogP) is 1.05. The second-order valence-corrected chi connectivity index (χ2v) is 3.49. The molecule has 0 bridgehead atoms. The van der Waals surface area contributed by atoms with Crippen LogP contribution in [0, 0.1) is 0 Å². The molecule has 1 rings (SSSR count). The van der Waals surface area contributed by atoms with E-state index in [-0.39, 0.29) is 6.61 Å². The van der Waals surface area contributed by atoms with Crippen molar-refractivity contribution >= 4 is 5.97 Å². The molecule has 0 aromatic heterocycles. The minimum absolute atomic E-state index is 0.0931. The summed E-state index contributed by atoms with van der Waals surface area (Å²) in [5.41, 5.74) is 5.52. The van der Waals surface area contributed by atoms with Gasteiger partial charge in [0.2, 0.25) is 0 Å². The quantitative estimate of drug-likeness (QED) is 0.758. The van der Waals surface area contributed by atoms with E-state index in [1.165, 1.54) is 7.11 Å². The Kier molecular flexibility index (Phi) is 4.46. The molecule has 0 spiro atoms. The number of benzene rings is 1. The van der Waals surface area contributed by atoms with Crippen LogP contribution in [0.1, 0.15) is 12.5 Å². The minimum atomic E-state index is -1.23. The van der Waals surface area contributed by atoms with E-state index in [1.807, 2.05) is 18.2 Å². The van der Waals surface area contributed by atoms with Crippen LogP contribution in [0.3, 0.4) is 0 Å². The van der Waals surface area contributed by atoms with Crippen LogP contribution in [0.5, 0.6) is 0 Å². The van der Waals surface area contributed by atoms with E-state index in [0.717, 1.165) is 0 Å². The standard InChI is InChI=1S/C12H17NO3/c1-3-16-11(14)12(13,9-15-2)10-7-5-4-6-8-10/h4-8H,3,9,13H2,1-2H3. The summed E-state index contributed by atoms with van der Waals surface area (Å²) in [7, 11) is 1.50. The van der Waals surface area contributed by atoms with Gasteiger partial charge in [-0.1, -0.05) is 30.3 Å². The number of nitrogens with two attached hydrogens (primary N) is 1. The maximum atomic E-state index is 11.8. The molecule has 0 aliphatic heterocycles. The average Bonchev–Trinajstić information content (AvgIpc) is 2.30. The molecule has 0 saturated heterocycles. The Morgan fingerprint density at radius 1 is 1.38 bits per heavy atom. The van der Waals surface area contributed by atoms with Crippen LogP contribution in [0.25, 0.3) is 0 Å². The van der Waals surface area contributed by atoms with Gasteiger partial charge in [0.05, 0.1) is 13.2 Å². The van der Waals surface area contributed by atoms with E-state index in [2.05, 4.69) is 0 Å². The molecule has 2 N–H and O–H groups in total. The molecule has 16 heavy (non-hydrogen) atoms. The number of carbonyl (C=O) groups excluding carboxylic acids is 1. The molecule has 0 heterocycles. The van der Waals surface area contributed by atoms with Gasteiger partial charge in [0.1, 0.15) is 0 Å². The zero-order valence-corrected chi connectivity index (χ0v) is 9.60. The smallest absolute Gasteiger partial charge is 0.333 e. The Morgan fingerprint density at radius 3 is 2.50 bits per heavy atom. The molecular weight excluding hydrogens is 206 g/mol. The summed E-state index contributed by atoms with van der Waals surface area (Å²) >= 11 is 0. The SMILES string of the molecule is CCOC(=O)C(N)(COC)c1ccccc1. The van der Waals surface area contributed by atoms with Crippen LogP contribution in [0.4, 0.5) is 0 Å². The lowest BCUT2D eigenvalue weighted by Gasteiger charge is -2.26. The highest BCUT2D eigenvalue weighted by molar-refractivity contribution is 5.82. The predicted molar refractivity (Wildman–Crippen MR) is 60.8 cm³/mol. The molecule has 0 aliphatic rings. The number of carbonyl (C=O) groups is 1. The van der Waals surface area contributed by atoms with Gasteiger partial charge in [-0.15, -0.1) is 0 Å². The van der Waals surface area contributed by atoms with Crippen molar-refractivity contribution in [1.29, 1.82) is 0 Å². The van der Waals surface area contributed by atoms with Gasteiger partial charge in [-0.2, -0.15) is 0 Å². The Bertz CT molecular complexity index is 339. The molecule has 1 aromatic rings.